The molecule has 0 spiro atoms. The molecule has 0 radical (unpaired) electrons. The first-order chi connectivity index (χ1) is 10.9. The fourth-order valence-corrected chi connectivity index (χ4v) is 5.51. The summed E-state index contributed by atoms with van der Waals surface area (Å²) in [5, 5.41) is 0. The topological polar surface area (TPSA) is 58.9 Å². The summed E-state index contributed by atoms with van der Waals surface area (Å²) in [5.41, 5.74) is 0.0834. The van der Waals surface area contributed by atoms with E-state index in [0.29, 0.717) is 37.1 Å². The number of benzene rings is 1. The van der Waals surface area contributed by atoms with Gasteiger partial charge in [-0.25, -0.2) is 12.8 Å². The van der Waals surface area contributed by atoms with Crippen molar-refractivity contribution < 1.29 is 22.5 Å². The second-order valence-electron chi connectivity index (χ2n) is 6.17. The van der Waals surface area contributed by atoms with Gasteiger partial charge in [-0.2, -0.15) is 0 Å². The van der Waals surface area contributed by atoms with Crippen molar-refractivity contribution in [2.24, 2.45) is 0 Å². The minimum atomic E-state index is -2.88. The molecule has 23 heavy (non-hydrogen) atoms. The highest BCUT2D eigenvalue weighted by atomic mass is 79.9. The van der Waals surface area contributed by atoms with Gasteiger partial charge in [-0.05, 0) is 18.2 Å². The van der Waals surface area contributed by atoms with E-state index in [2.05, 4.69) is 15.9 Å². The lowest BCUT2D eigenvalue weighted by Gasteiger charge is -2.35. The maximum atomic E-state index is 13.9. The molecule has 0 bridgehead atoms. The Morgan fingerprint density at radius 3 is 2.57 bits per heavy atom. The van der Waals surface area contributed by atoms with Crippen LogP contribution in [0.4, 0.5) is 4.39 Å². The maximum absolute atomic E-state index is 13.9. The van der Waals surface area contributed by atoms with Gasteiger partial charge in [0.25, 0.3) is 5.91 Å². The lowest BCUT2D eigenvalue weighted by atomic mass is 10.1. The highest BCUT2D eigenvalue weighted by molar-refractivity contribution is 9.10. The van der Waals surface area contributed by atoms with E-state index in [0.717, 1.165) is 0 Å². The molecule has 2 heterocycles. The van der Waals surface area contributed by atoms with E-state index in [1.165, 1.54) is 17.0 Å². The van der Waals surface area contributed by atoms with Gasteiger partial charge in [0, 0.05) is 10.9 Å². The Morgan fingerprint density at radius 2 is 2.00 bits per heavy atom. The Kier molecular flexibility index (Phi) is 4.75. The molecule has 1 N–H and O–H groups in total. The van der Waals surface area contributed by atoms with Gasteiger partial charge in [0.05, 0.1) is 37.5 Å². The van der Waals surface area contributed by atoms with Gasteiger partial charge in [-0.15, -0.1) is 0 Å². The van der Waals surface area contributed by atoms with Crippen LogP contribution in [0.5, 0.6) is 0 Å². The summed E-state index contributed by atoms with van der Waals surface area (Å²) < 4.78 is 37.7. The SMILES string of the molecule is O=C(c1ccc(Br)cc1F)N1CC[NH+]([C@H]2CCS(=O)(=O)C2)CC1. The fraction of sp³-hybridized carbons (Fsp3) is 0.533. The Bertz CT molecular complexity index is 717. The van der Waals surface area contributed by atoms with Crippen LogP contribution in [0.2, 0.25) is 0 Å². The summed E-state index contributed by atoms with van der Waals surface area (Å²) >= 11 is 3.18. The molecule has 1 aromatic carbocycles. The summed E-state index contributed by atoms with van der Waals surface area (Å²) in [6, 6.07) is 4.57. The van der Waals surface area contributed by atoms with Gasteiger partial charge in [-0.3, -0.25) is 4.79 Å². The van der Waals surface area contributed by atoms with Gasteiger partial charge in [0.2, 0.25) is 0 Å². The van der Waals surface area contributed by atoms with Crippen LogP contribution in [0.3, 0.4) is 0 Å². The molecule has 1 amide bonds. The second kappa shape index (κ2) is 6.49. The Labute approximate surface area is 143 Å². The molecule has 0 aromatic heterocycles. The fourth-order valence-electron chi connectivity index (χ4n) is 3.36. The maximum Gasteiger partial charge on any atom is 0.257 e. The van der Waals surface area contributed by atoms with E-state index in [1.54, 1.807) is 11.0 Å². The molecular weight excluding hydrogens is 387 g/mol. The number of nitrogens with zero attached hydrogens (tertiary/aromatic N) is 1. The molecule has 8 heteroatoms. The predicted octanol–water partition coefficient (Wildman–Crippen LogP) is 0.116. The lowest BCUT2D eigenvalue weighted by molar-refractivity contribution is -0.925. The Morgan fingerprint density at radius 1 is 1.30 bits per heavy atom. The van der Waals surface area contributed by atoms with Crippen LogP contribution >= 0.6 is 15.9 Å². The number of rotatable bonds is 2. The van der Waals surface area contributed by atoms with Gasteiger partial charge in [0.1, 0.15) is 17.6 Å². The molecule has 0 unspecified atom stereocenters. The number of nitrogens with one attached hydrogen (secondary N) is 1. The number of hydrogen-bond acceptors (Lipinski definition) is 3. The summed E-state index contributed by atoms with van der Waals surface area (Å²) in [7, 11) is -2.88. The number of carbonyl (C=O) groups is 1. The molecule has 0 aliphatic carbocycles. The van der Waals surface area contributed by atoms with Crippen molar-refractivity contribution in [3.05, 3.63) is 34.1 Å². The molecule has 0 saturated carbocycles. The number of quaternary nitrogens is 1. The van der Waals surface area contributed by atoms with Crippen LogP contribution in [0.25, 0.3) is 0 Å². The molecule has 2 fully saturated rings. The number of piperazine rings is 1. The summed E-state index contributed by atoms with van der Waals surface area (Å²) in [6.45, 7) is 2.48. The van der Waals surface area contributed by atoms with Crippen molar-refractivity contribution in [1.82, 2.24) is 4.90 Å². The molecule has 5 nitrogen and oxygen atoms in total. The van der Waals surface area contributed by atoms with Crippen LogP contribution in [0, 0.1) is 5.82 Å². The van der Waals surface area contributed by atoms with Crippen molar-refractivity contribution in [2.45, 2.75) is 12.5 Å². The highest BCUT2D eigenvalue weighted by Gasteiger charge is 2.37. The third-order valence-electron chi connectivity index (χ3n) is 4.66. The first-order valence-corrected chi connectivity index (χ1v) is 10.3. The third-order valence-corrected chi connectivity index (χ3v) is 6.93. The molecule has 1 aromatic rings. The van der Waals surface area contributed by atoms with Crippen LogP contribution < -0.4 is 4.90 Å². The van der Waals surface area contributed by atoms with E-state index in [-0.39, 0.29) is 29.0 Å². The predicted molar refractivity (Wildman–Crippen MR) is 87.8 cm³/mol. The second-order valence-corrected chi connectivity index (χ2v) is 9.32. The van der Waals surface area contributed by atoms with E-state index in [4.69, 9.17) is 0 Å². The average molecular weight is 406 g/mol. The zero-order chi connectivity index (χ0) is 16.6. The van der Waals surface area contributed by atoms with Crippen LogP contribution in [0.1, 0.15) is 16.8 Å². The summed E-state index contributed by atoms with van der Waals surface area (Å²) in [5.74, 6) is -0.305. The van der Waals surface area contributed by atoms with E-state index >= 15 is 0 Å². The van der Waals surface area contributed by atoms with Crippen molar-refractivity contribution >= 4 is 31.7 Å². The van der Waals surface area contributed by atoms with Crippen LogP contribution in [0.15, 0.2) is 22.7 Å². The van der Waals surface area contributed by atoms with E-state index in [9.17, 15) is 17.6 Å². The summed E-state index contributed by atoms with van der Waals surface area (Å²) in [4.78, 5) is 15.3. The number of hydrogen-bond donors (Lipinski definition) is 1. The van der Waals surface area contributed by atoms with Crippen molar-refractivity contribution in [2.75, 3.05) is 37.7 Å². The molecule has 2 saturated heterocycles. The monoisotopic (exact) mass is 405 g/mol. The molecule has 1 atom stereocenters. The minimum Gasteiger partial charge on any atom is -0.329 e. The van der Waals surface area contributed by atoms with Gasteiger partial charge < -0.3 is 9.80 Å². The zero-order valence-electron chi connectivity index (χ0n) is 12.6. The first kappa shape index (κ1) is 16.9. The third kappa shape index (κ3) is 3.75. The van der Waals surface area contributed by atoms with Crippen molar-refractivity contribution in [3.63, 3.8) is 0 Å². The number of amides is 1. The van der Waals surface area contributed by atoms with Gasteiger partial charge >= 0.3 is 0 Å². The largest absolute Gasteiger partial charge is 0.329 e. The first-order valence-electron chi connectivity index (χ1n) is 7.65. The smallest absolute Gasteiger partial charge is 0.257 e. The van der Waals surface area contributed by atoms with Crippen LogP contribution in [-0.2, 0) is 9.84 Å². The zero-order valence-corrected chi connectivity index (χ0v) is 15.0. The normalized spacial score (nSPS) is 24.8. The van der Waals surface area contributed by atoms with Crippen molar-refractivity contribution in [3.8, 4) is 0 Å². The van der Waals surface area contributed by atoms with Crippen LogP contribution in [-0.4, -0.2) is 63.0 Å². The van der Waals surface area contributed by atoms with Gasteiger partial charge in [0.15, 0.2) is 9.84 Å². The van der Waals surface area contributed by atoms with Crippen molar-refractivity contribution in [1.29, 1.82) is 0 Å². The molecule has 126 valence electrons. The summed E-state index contributed by atoms with van der Waals surface area (Å²) in [6.07, 6.45) is 0.701. The Hall–Kier alpha value is -0.990. The average Bonchev–Trinajstić information content (AvgIpc) is 2.87. The minimum absolute atomic E-state index is 0.0834. The number of carbonyl (C=O) groups excluding carboxylic acids is 1. The highest BCUT2D eigenvalue weighted by Crippen LogP contribution is 2.17. The standard InChI is InChI=1S/C15H18BrFN2O3S/c16-11-1-2-13(14(17)9-11)15(20)19-6-4-18(5-7-19)12-3-8-23(21,22)10-12/h1-2,9,12H,3-8,10H2/p+1/t12-/m0/s1. The van der Waals surface area contributed by atoms with E-state index < -0.39 is 15.7 Å². The quantitative estimate of drug-likeness (QED) is 0.759. The molecule has 3 rings (SSSR count). The Balaban J connectivity index is 1.61. The number of halogens is 2. The molecule has 2 aliphatic rings. The molecule has 2 aliphatic heterocycles. The molecular formula is C15H19BrFN2O3S+. The van der Waals surface area contributed by atoms with Gasteiger partial charge in [-0.1, -0.05) is 15.9 Å². The number of sulfone groups is 1. The van der Waals surface area contributed by atoms with E-state index in [1.807, 2.05) is 0 Å². The lowest BCUT2D eigenvalue weighted by Crippen LogP contribution is -3.18.